The number of nitrogens with zero attached hydrogens (tertiary/aromatic N) is 1. The Morgan fingerprint density at radius 2 is 2.43 bits per heavy atom. The molecule has 0 aliphatic carbocycles. The van der Waals surface area contributed by atoms with E-state index in [0.717, 1.165) is 0 Å². The van der Waals surface area contributed by atoms with Gasteiger partial charge in [0.2, 0.25) is 12.4 Å². The summed E-state index contributed by atoms with van der Waals surface area (Å²) in [5.41, 5.74) is 0.291. The first-order valence-electron chi connectivity index (χ1n) is 4.21. The molecule has 0 heterocycles. The Morgan fingerprint density at radius 3 is 3.07 bits per heavy atom. The highest BCUT2D eigenvalue weighted by Gasteiger charge is 2.07. The molecule has 0 aliphatic rings. The SMILES string of the molecule is CCOc1cccc(C(F)N=C=O)c1. The normalized spacial score (nSPS) is 11.6. The molecule has 0 aliphatic heterocycles. The largest absolute Gasteiger partial charge is 0.494 e. The van der Waals surface area contributed by atoms with Gasteiger partial charge in [-0.1, -0.05) is 12.1 Å². The lowest BCUT2D eigenvalue weighted by Gasteiger charge is -2.05. The molecule has 74 valence electrons. The Morgan fingerprint density at radius 1 is 1.64 bits per heavy atom. The number of alkyl halides is 1. The van der Waals surface area contributed by atoms with E-state index < -0.39 is 6.30 Å². The van der Waals surface area contributed by atoms with Crippen molar-refractivity contribution in [1.29, 1.82) is 0 Å². The van der Waals surface area contributed by atoms with Gasteiger partial charge in [0.15, 0.2) is 0 Å². The van der Waals surface area contributed by atoms with E-state index in [9.17, 15) is 9.18 Å². The fraction of sp³-hybridized carbons (Fsp3) is 0.300. The summed E-state index contributed by atoms with van der Waals surface area (Å²) < 4.78 is 18.2. The molecule has 0 N–H and O–H groups in total. The summed E-state index contributed by atoms with van der Waals surface area (Å²) in [5.74, 6) is 0.564. The standard InChI is InChI=1S/C10H10FNO2/c1-2-14-9-5-3-4-8(6-9)10(11)12-7-13/h3-6,10H,2H2,1H3. The second kappa shape index (κ2) is 5.14. The Balaban J connectivity index is 2.87. The van der Waals surface area contributed by atoms with E-state index in [1.54, 1.807) is 12.1 Å². The fourth-order valence-electron chi connectivity index (χ4n) is 1.04. The van der Waals surface area contributed by atoms with Crippen LogP contribution in [0.5, 0.6) is 5.75 Å². The highest BCUT2D eigenvalue weighted by atomic mass is 19.1. The van der Waals surface area contributed by atoms with Gasteiger partial charge in [-0.3, -0.25) is 0 Å². The van der Waals surface area contributed by atoms with Crippen LogP contribution in [0, 0.1) is 0 Å². The Hall–Kier alpha value is -1.67. The number of halogens is 1. The van der Waals surface area contributed by atoms with Gasteiger partial charge in [0.05, 0.1) is 6.61 Å². The molecule has 0 amide bonds. The van der Waals surface area contributed by atoms with Crippen molar-refractivity contribution in [2.45, 2.75) is 13.2 Å². The Labute approximate surface area is 81.2 Å². The molecule has 0 saturated carbocycles. The van der Waals surface area contributed by atoms with Crippen LogP contribution < -0.4 is 4.74 Å². The predicted octanol–water partition coefficient (Wildman–Crippen LogP) is 2.39. The molecule has 1 unspecified atom stereocenters. The van der Waals surface area contributed by atoms with Crippen LogP contribution in [0.1, 0.15) is 18.8 Å². The minimum atomic E-state index is -1.66. The maximum Gasteiger partial charge on any atom is 0.238 e. The molecule has 1 aromatic carbocycles. The van der Waals surface area contributed by atoms with E-state index in [2.05, 4.69) is 4.99 Å². The molecule has 0 spiro atoms. The average Bonchev–Trinajstić information content (AvgIpc) is 2.19. The van der Waals surface area contributed by atoms with Crippen molar-refractivity contribution in [3.05, 3.63) is 29.8 Å². The molecule has 0 fully saturated rings. The number of benzene rings is 1. The molecular weight excluding hydrogens is 185 g/mol. The van der Waals surface area contributed by atoms with E-state index in [4.69, 9.17) is 4.74 Å². The maximum atomic E-state index is 13.1. The van der Waals surface area contributed by atoms with Crippen molar-refractivity contribution < 1.29 is 13.9 Å². The second-order valence-corrected chi connectivity index (χ2v) is 2.56. The third-order valence-electron chi connectivity index (χ3n) is 1.61. The van der Waals surface area contributed by atoms with Crippen LogP contribution in [-0.4, -0.2) is 12.7 Å². The molecule has 0 saturated heterocycles. The zero-order valence-electron chi connectivity index (χ0n) is 7.74. The minimum Gasteiger partial charge on any atom is -0.494 e. The number of rotatable bonds is 4. The molecule has 4 heteroatoms. The van der Waals surface area contributed by atoms with E-state index in [1.807, 2.05) is 6.92 Å². The number of hydrogen-bond donors (Lipinski definition) is 0. The summed E-state index contributed by atoms with van der Waals surface area (Å²) in [6.07, 6.45) is -0.483. The summed E-state index contributed by atoms with van der Waals surface area (Å²) in [4.78, 5) is 12.8. The molecule has 0 radical (unpaired) electrons. The van der Waals surface area contributed by atoms with Crippen LogP contribution in [0.2, 0.25) is 0 Å². The monoisotopic (exact) mass is 195 g/mol. The second-order valence-electron chi connectivity index (χ2n) is 2.56. The third-order valence-corrected chi connectivity index (χ3v) is 1.61. The highest BCUT2D eigenvalue weighted by molar-refractivity contribution is 5.36. The van der Waals surface area contributed by atoms with E-state index in [1.165, 1.54) is 18.2 Å². The van der Waals surface area contributed by atoms with Crippen molar-refractivity contribution in [3.63, 3.8) is 0 Å². The first-order chi connectivity index (χ1) is 6.77. The molecule has 1 atom stereocenters. The smallest absolute Gasteiger partial charge is 0.238 e. The van der Waals surface area contributed by atoms with Crippen LogP contribution in [0.4, 0.5) is 4.39 Å². The molecule has 1 rings (SSSR count). The first kappa shape index (κ1) is 10.4. The highest BCUT2D eigenvalue weighted by Crippen LogP contribution is 2.22. The molecule has 0 bridgehead atoms. The Bertz CT molecular complexity index is 348. The lowest BCUT2D eigenvalue weighted by atomic mass is 10.2. The zero-order chi connectivity index (χ0) is 10.4. The number of isocyanates is 1. The van der Waals surface area contributed by atoms with Crippen LogP contribution in [-0.2, 0) is 4.79 Å². The quantitative estimate of drug-likeness (QED) is 0.420. The van der Waals surface area contributed by atoms with Crippen molar-refractivity contribution >= 4 is 6.08 Å². The zero-order valence-corrected chi connectivity index (χ0v) is 7.74. The van der Waals surface area contributed by atoms with Gasteiger partial charge in [-0.25, -0.2) is 9.18 Å². The number of aliphatic imine (C=N–C) groups is 1. The minimum absolute atomic E-state index is 0.291. The molecule has 3 nitrogen and oxygen atoms in total. The van der Waals surface area contributed by atoms with Crippen LogP contribution in [0.3, 0.4) is 0 Å². The van der Waals surface area contributed by atoms with Gasteiger partial charge in [-0.05, 0) is 19.1 Å². The van der Waals surface area contributed by atoms with Gasteiger partial charge in [0, 0.05) is 5.56 Å². The van der Waals surface area contributed by atoms with Gasteiger partial charge in [0.25, 0.3) is 0 Å². The summed E-state index contributed by atoms with van der Waals surface area (Å²) in [6, 6.07) is 6.40. The van der Waals surface area contributed by atoms with Crippen LogP contribution >= 0.6 is 0 Å². The Kier molecular flexibility index (Phi) is 3.83. The number of ether oxygens (including phenoxy) is 1. The van der Waals surface area contributed by atoms with Gasteiger partial charge in [0.1, 0.15) is 5.75 Å². The van der Waals surface area contributed by atoms with Crippen molar-refractivity contribution in [2.75, 3.05) is 6.61 Å². The summed E-state index contributed by atoms with van der Waals surface area (Å²) in [7, 11) is 0. The van der Waals surface area contributed by atoms with Crippen molar-refractivity contribution in [1.82, 2.24) is 0 Å². The molecule has 0 aromatic heterocycles. The number of carbonyl (C=O) groups excluding carboxylic acids is 1. The van der Waals surface area contributed by atoms with Crippen molar-refractivity contribution in [3.8, 4) is 5.75 Å². The van der Waals surface area contributed by atoms with Crippen LogP contribution in [0.15, 0.2) is 29.3 Å². The third kappa shape index (κ3) is 2.68. The van der Waals surface area contributed by atoms with Gasteiger partial charge < -0.3 is 4.74 Å². The lowest BCUT2D eigenvalue weighted by molar-refractivity contribution is 0.332. The summed E-state index contributed by atoms with van der Waals surface area (Å²) in [5, 5.41) is 0. The van der Waals surface area contributed by atoms with E-state index >= 15 is 0 Å². The van der Waals surface area contributed by atoms with E-state index in [0.29, 0.717) is 17.9 Å². The topological polar surface area (TPSA) is 38.7 Å². The summed E-state index contributed by atoms with van der Waals surface area (Å²) >= 11 is 0. The lowest BCUT2D eigenvalue weighted by Crippen LogP contribution is -1.93. The average molecular weight is 195 g/mol. The maximum absolute atomic E-state index is 13.1. The van der Waals surface area contributed by atoms with Gasteiger partial charge in [-0.15, -0.1) is 0 Å². The van der Waals surface area contributed by atoms with Gasteiger partial charge in [-0.2, -0.15) is 4.99 Å². The summed E-state index contributed by atoms with van der Waals surface area (Å²) in [6.45, 7) is 2.35. The van der Waals surface area contributed by atoms with Crippen LogP contribution in [0.25, 0.3) is 0 Å². The van der Waals surface area contributed by atoms with Crippen molar-refractivity contribution in [2.24, 2.45) is 4.99 Å². The molecule has 1 aromatic rings. The van der Waals surface area contributed by atoms with Gasteiger partial charge >= 0.3 is 0 Å². The van der Waals surface area contributed by atoms with E-state index in [-0.39, 0.29) is 0 Å². The predicted molar refractivity (Wildman–Crippen MR) is 49.6 cm³/mol. The first-order valence-corrected chi connectivity index (χ1v) is 4.21. The molecule has 14 heavy (non-hydrogen) atoms. The number of hydrogen-bond acceptors (Lipinski definition) is 3. The fourth-order valence-corrected chi connectivity index (χ4v) is 1.04. The molecular formula is C10H10FNO2.